The molecule has 0 aromatic rings. The number of nitrogens with one attached hydrogen (secondary N) is 2. The molecule has 1 saturated carbocycles. The molecule has 0 aliphatic heterocycles. The molecule has 0 radical (unpaired) electrons. The van der Waals surface area contributed by atoms with Crippen LogP contribution in [0.4, 0.5) is 0 Å². The largest absolute Gasteiger partial charge is 0.362 e. The predicted octanol–water partition coefficient (Wildman–Crippen LogP) is 0.675. The van der Waals surface area contributed by atoms with Crippen LogP contribution in [-0.2, 0) is 10.0 Å². The van der Waals surface area contributed by atoms with Crippen molar-refractivity contribution in [3.63, 3.8) is 0 Å². The molecule has 0 amide bonds. The molecule has 2 N–H and O–H groups in total. The summed E-state index contributed by atoms with van der Waals surface area (Å²) in [5, 5.41) is 6.77. The minimum absolute atomic E-state index is 0.0620. The summed E-state index contributed by atoms with van der Waals surface area (Å²) in [4.78, 5) is 0. The average Bonchev–Trinajstić information content (AvgIpc) is 2.29. The fourth-order valence-corrected chi connectivity index (χ4v) is 2.95. The van der Waals surface area contributed by atoms with Crippen molar-refractivity contribution in [2.75, 3.05) is 26.4 Å². The predicted molar refractivity (Wildman–Crippen MR) is 78.1 cm³/mol. The van der Waals surface area contributed by atoms with E-state index in [4.69, 9.17) is 12.2 Å². The van der Waals surface area contributed by atoms with Gasteiger partial charge in [0.15, 0.2) is 5.11 Å². The van der Waals surface area contributed by atoms with Gasteiger partial charge in [0.25, 0.3) is 0 Å². The normalized spacial score (nSPS) is 17.7. The lowest BCUT2D eigenvalue weighted by molar-refractivity contribution is 0.412. The van der Waals surface area contributed by atoms with Crippen molar-refractivity contribution in [1.29, 1.82) is 0 Å². The standard InChI is InChI=1S/C11H23N3O2S2/c1-14(2)18(15,16)9-8-12-11(17)13-10-6-4-3-5-7-10/h10H,3-9H2,1-2H3,(H2,12,13,17). The second kappa shape index (κ2) is 7.25. The summed E-state index contributed by atoms with van der Waals surface area (Å²) >= 11 is 5.16. The second-order valence-corrected chi connectivity index (χ2v) is 7.54. The van der Waals surface area contributed by atoms with Gasteiger partial charge in [0.2, 0.25) is 10.0 Å². The molecule has 0 aromatic heterocycles. The molecule has 0 heterocycles. The van der Waals surface area contributed by atoms with E-state index in [-0.39, 0.29) is 5.75 Å². The molecule has 18 heavy (non-hydrogen) atoms. The van der Waals surface area contributed by atoms with Gasteiger partial charge >= 0.3 is 0 Å². The van der Waals surface area contributed by atoms with Crippen LogP contribution in [0.2, 0.25) is 0 Å². The van der Waals surface area contributed by atoms with Gasteiger partial charge in [-0.15, -0.1) is 0 Å². The minimum Gasteiger partial charge on any atom is -0.362 e. The van der Waals surface area contributed by atoms with Crippen LogP contribution >= 0.6 is 12.2 Å². The number of thiocarbonyl (C=S) groups is 1. The van der Waals surface area contributed by atoms with Gasteiger partial charge in [-0.1, -0.05) is 19.3 Å². The van der Waals surface area contributed by atoms with Crippen molar-refractivity contribution in [2.45, 2.75) is 38.1 Å². The summed E-state index contributed by atoms with van der Waals surface area (Å²) in [5.74, 6) is 0.0620. The van der Waals surface area contributed by atoms with Crippen LogP contribution in [0.25, 0.3) is 0 Å². The highest BCUT2D eigenvalue weighted by Gasteiger charge is 2.15. The summed E-state index contributed by atoms with van der Waals surface area (Å²) in [7, 11) is -0.0722. The Morgan fingerprint density at radius 3 is 2.44 bits per heavy atom. The molecule has 0 unspecified atom stereocenters. The first-order chi connectivity index (χ1) is 8.42. The van der Waals surface area contributed by atoms with Crippen LogP contribution in [0.15, 0.2) is 0 Å². The molecule has 0 atom stereocenters. The molecule has 1 aliphatic rings. The Balaban J connectivity index is 2.21. The molecule has 1 aliphatic carbocycles. The number of hydrogen-bond acceptors (Lipinski definition) is 3. The fourth-order valence-electron chi connectivity index (χ4n) is 1.96. The highest BCUT2D eigenvalue weighted by molar-refractivity contribution is 7.89. The Hall–Kier alpha value is -0.400. The van der Waals surface area contributed by atoms with Crippen molar-refractivity contribution in [2.24, 2.45) is 0 Å². The van der Waals surface area contributed by atoms with Crippen LogP contribution in [0.5, 0.6) is 0 Å². The summed E-state index contributed by atoms with van der Waals surface area (Å²) < 4.78 is 24.3. The minimum atomic E-state index is -3.14. The highest BCUT2D eigenvalue weighted by atomic mass is 32.2. The molecule has 0 aromatic carbocycles. The molecular formula is C11H23N3O2S2. The van der Waals surface area contributed by atoms with Crippen molar-refractivity contribution in [1.82, 2.24) is 14.9 Å². The first-order valence-electron chi connectivity index (χ1n) is 6.36. The second-order valence-electron chi connectivity index (χ2n) is 4.83. The van der Waals surface area contributed by atoms with Gasteiger partial charge in [-0.2, -0.15) is 0 Å². The first-order valence-corrected chi connectivity index (χ1v) is 8.38. The molecule has 1 rings (SSSR count). The van der Waals surface area contributed by atoms with Crippen LogP contribution in [0.3, 0.4) is 0 Å². The maximum absolute atomic E-state index is 11.5. The molecule has 0 spiro atoms. The summed E-state index contributed by atoms with van der Waals surface area (Å²) in [6.07, 6.45) is 6.10. The Morgan fingerprint density at radius 1 is 1.28 bits per heavy atom. The van der Waals surface area contributed by atoms with E-state index in [1.165, 1.54) is 37.7 Å². The molecule has 0 bridgehead atoms. The summed E-state index contributed by atoms with van der Waals surface area (Å²) in [6, 6.07) is 0.448. The number of nitrogens with zero attached hydrogens (tertiary/aromatic N) is 1. The highest BCUT2D eigenvalue weighted by Crippen LogP contribution is 2.17. The molecule has 1 fully saturated rings. The van der Waals surface area contributed by atoms with Gasteiger partial charge in [-0.05, 0) is 25.1 Å². The third kappa shape index (κ3) is 5.49. The summed E-state index contributed by atoms with van der Waals surface area (Å²) in [6.45, 7) is 0.346. The van der Waals surface area contributed by atoms with E-state index in [1.807, 2.05) is 0 Å². The lowest BCUT2D eigenvalue weighted by atomic mass is 9.96. The van der Waals surface area contributed by atoms with Gasteiger partial charge in [0.05, 0.1) is 5.75 Å². The maximum Gasteiger partial charge on any atom is 0.215 e. The lowest BCUT2D eigenvalue weighted by Gasteiger charge is -2.24. The van der Waals surface area contributed by atoms with Crippen LogP contribution in [0, 0.1) is 0 Å². The quantitative estimate of drug-likeness (QED) is 0.730. The van der Waals surface area contributed by atoms with E-state index in [1.54, 1.807) is 0 Å². The van der Waals surface area contributed by atoms with E-state index < -0.39 is 10.0 Å². The van der Waals surface area contributed by atoms with E-state index in [9.17, 15) is 8.42 Å². The van der Waals surface area contributed by atoms with Gasteiger partial charge in [-0.25, -0.2) is 12.7 Å². The number of sulfonamides is 1. The average molecular weight is 293 g/mol. The first kappa shape index (κ1) is 15.7. The van der Waals surface area contributed by atoms with E-state index in [2.05, 4.69) is 10.6 Å². The SMILES string of the molecule is CN(C)S(=O)(=O)CCNC(=S)NC1CCCCC1. The van der Waals surface area contributed by atoms with Gasteiger partial charge in [-0.3, -0.25) is 0 Å². The molecule has 106 valence electrons. The monoisotopic (exact) mass is 293 g/mol. The van der Waals surface area contributed by atoms with Gasteiger partial charge in [0.1, 0.15) is 0 Å². The Labute approximate surface area is 115 Å². The lowest BCUT2D eigenvalue weighted by Crippen LogP contribution is -2.44. The van der Waals surface area contributed by atoms with Crippen LogP contribution in [0.1, 0.15) is 32.1 Å². The number of hydrogen-bond donors (Lipinski definition) is 2. The molecule has 0 saturated heterocycles. The van der Waals surface area contributed by atoms with E-state index >= 15 is 0 Å². The Bertz CT molecular complexity index is 362. The number of rotatable bonds is 5. The Morgan fingerprint density at radius 2 is 1.89 bits per heavy atom. The molecule has 5 nitrogen and oxygen atoms in total. The zero-order valence-electron chi connectivity index (χ0n) is 11.1. The zero-order valence-corrected chi connectivity index (χ0v) is 12.7. The topological polar surface area (TPSA) is 61.4 Å². The third-order valence-corrected chi connectivity index (χ3v) is 5.24. The van der Waals surface area contributed by atoms with E-state index in [0.717, 1.165) is 12.8 Å². The van der Waals surface area contributed by atoms with E-state index in [0.29, 0.717) is 17.7 Å². The Kier molecular flexibility index (Phi) is 6.31. The van der Waals surface area contributed by atoms with Crippen LogP contribution < -0.4 is 10.6 Å². The van der Waals surface area contributed by atoms with Crippen molar-refractivity contribution in [3.05, 3.63) is 0 Å². The molecular weight excluding hydrogens is 270 g/mol. The van der Waals surface area contributed by atoms with Crippen molar-refractivity contribution in [3.8, 4) is 0 Å². The van der Waals surface area contributed by atoms with Gasteiger partial charge in [0, 0.05) is 26.7 Å². The van der Waals surface area contributed by atoms with Crippen molar-refractivity contribution >= 4 is 27.4 Å². The third-order valence-electron chi connectivity index (χ3n) is 3.14. The fraction of sp³-hybridized carbons (Fsp3) is 0.909. The van der Waals surface area contributed by atoms with Crippen LogP contribution in [-0.4, -0.2) is 50.3 Å². The molecule has 7 heteroatoms. The van der Waals surface area contributed by atoms with Crippen molar-refractivity contribution < 1.29 is 8.42 Å². The van der Waals surface area contributed by atoms with Gasteiger partial charge < -0.3 is 10.6 Å². The smallest absolute Gasteiger partial charge is 0.215 e. The zero-order chi connectivity index (χ0) is 13.6. The summed E-state index contributed by atoms with van der Waals surface area (Å²) in [5.41, 5.74) is 0. The maximum atomic E-state index is 11.5.